The van der Waals surface area contributed by atoms with E-state index in [9.17, 15) is 14.7 Å². The Balaban J connectivity index is 1.15. The summed E-state index contributed by atoms with van der Waals surface area (Å²) in [6, 6.07) is 9.18. The molecule has 5 aliphatic heterocycles. The van der Waals surface area contributed by atoms with Crippen LogP contribution in [0.4, 0.5) is 21.1 Å². The van der Waals surface area contributed by atoms with Gasteiger partial charge < -0.3 is 29.3 Å². The van der Waals surface area contributed by atoms with Crippen molar-refractivity contribution >= 4 is 23.7 Å². The molecule has 2 bridgehead atoms. The number of rotatable bonds is 8. The molecular formula is C35H49N7O5. The molecule has 0 radical (unpaired) electrons. The molecule has 1 aromatic carbocycles. The van der Waals surface area contributed by atoms with Crippen molar-refractivity contribution in [3.63, 3.8) is 0 Å². The number of carboxylic acid groups (broad SMARTS) is 1. The van der Waals surface area contributed by atoms with Crippen molar-refractivity contribution in [3.8, 4) is 6.01 Å². The Hall–Kier alpha value is -3.80. The normalized spacial score (nSPS) is 26.8. The Morgan fingerprint density at radius 2 is 1.81 bits per heavy atom. The summed E-state index contributed by atoms with van der Waals surface area (Å²) in [5, 5.41) is 9.89. The second-order valence-electron chi connectivity index (χ2n) is 14.6. The second-order valence-corrected chi connectivity index (χ2v) is 14.6. The van der Waals surface area contributed by atoms with Crippen molar-refractivity contribution in [2.75, 3.05) is 63.3 Å². The zero-order valence-electron chi connectivity index (χ0n) is 28.2. The topological polar surface area (TPSA) is 115 Å². The number of aromatic nitrogens is 2. The first-order chi connectivity index (χ1) is 22.6. The number of fused-ring (bicyclic) bond motifs is 4. The van der Waals surface area contributed by atoms with Gasteiger partial charge in [-0.1, -0.05) is 32.0 Å². The number of amides is 2. The summed E-state index contributed by atoms with van der Waals surface area (Å²) in [5.41, 5.74) is 4.60. The van der Waals surface area contributed by atoms with Crippen molar-refractivity contribution in [2.24, 2.45) is 0 Å². The molecule has 0 spiro atoms. The van der Waals surface area contributed by atoms with Crippen LogP contribution in [0.5, 0.6) is 6.01 Å². The van der Waals surface area contributed by atoms with Gasteiger partial charge in [0.05, 0.1) is 29.9 Å². The zero-order chi connectivity index (χ0) is 32.9. The first kappa shape index (κ1) is 31.8. The summed E-state index contributed by atoms with van der Waals surface area (Å²) in [6.07, 6.45) is 5.50. The van der Waals surface area contributed by atoms with Crippen molar-refractivity contribution < 1.29 is 24.2 Å². The fourth-order valence-electron chi connectivity index (χ4n) is 8.86. The van der Waals surface area contributed by atoms with Crippen LogP contribution in [0.25, 0.3) is 0 Å². The minimum Gasteiger partial charge on any atom is -0.465 e. The van der Waals surface area contributed by atoms with Crippen molar-refractivity contribution in [1.29, 1.82) is 0 Å². The molecule has 2 aromatic rings. The summed E-state index contributed by atoms with van der Waals surface area (Å²) in [4.78, 5) is 44.7. The molecule has 2 unspecified atom stereocenters. The Kier molecular flexibility index (Phi) is 8.57. The molecule has 5 aliphatic rings. The molecule has 7 rings (SSSR count). The van der Waals surface area contributed by atoms with E-state index >= 15 is 0 Å². The zero-order valence-corrected chi connectivity index (χ0v) is 28.2. The highest BCUT2D eigenvalue weighted by Gasteiger charge is 2.50. The molecular weight excluding hydrogens is 598 g/mol. The molecule has 12 nitrogen and oxygen atoms in total. The summed E-state index contributed by atoms with van der Waals surface area (Å²) in [5.74, 6) is 1.31. The SMILES string of the molecule is CC(C)c1ccccc1N1CCc2c(nc(OCC34CCCN3C(COC(=O)N(C)C)CC4)nc2N2C[C@H]3CC[C@@H](C2)N3C(=O)O)C1. The third kappa shape index (κ3) is 5.93. The number of ether oxygens (including phenoxy) is 2. The van der Waals surface area contributed by atoms with E-state index in [0.29, 0.717) is 44.8 Å². The van der Waals surface area contributed by atoms with Crippen molar-refractivity contribution in [2.45, 2.75) is 94.9 Å². The van der Waals surface area contributed by atoms with E-state index < -0.39 is 6.09 Å². The third-order valence-corrected chi connectivity index (χ3v) is 11.2. The number of benzene rings is 1. The number of piperazine rings is 1. The van der Waals surface area contributed by atoms with Gasteiger partial charge in [0.15, 0.2) is 0 Å². The van der Waals surface area contributed by atoms with Gasteiger partial charge in [-0.15, -0.1) is 0 Å². The summed E-state index contributed by atoms with van der Waals surface area (Å²) in [7, 11) is 3.41. The highest BCUT2D eigenvalue weighted by Crippen LogP contribution is 2.43. The van der Waals surface area contributed by atoms with E-state index in [0.717, 1.165) is 75.1 Å². The average Bonchev–Trinajstić information content (AvgIpc) is 3.71. The number of hydrogen-bond acceptors (Lipinski definition) is 9. The standard InChI is InChI=1S/C35H49N7O5/c1-23(2)27-8-5-6-9-30(27)39-17-13-28-29(20-39)36-32(37-31(28)40-18-24-10-11-25(19-40)42(24)33(43)44)47-22-35-14-7-16-41(35)26(12-15-35)21-46-34(45)38(3)4/h5-6,8-9,23-26H,7,10-22H2,1-4H3,(H,43,44)/t24-,25+,26?,35?. The maximum absolute atomic E-state index is 12.1. The molecule has 0 saturated carbocycles. The molecule has 1 N–H and O–H groups in total. The number of hydrogen-bond donors (Lipinski definition) is 1. The third-order valence-electron chi connectivity index (χ3n) is 11.2. The molecule has 0 aliphatic carbocycles. The Morgan fingerprint density at radius 3 is 2.53 bits per heavy atom. The minimum absolute atomic E-state index is 0.0257. The number of carbonyl (C=O) groups excluding carboxylic acids is 1. The number of anilines is 2. The first-order valence-corrected chi connectivity index (χ1v) is 17.4. The summed E-state index contributed by atoms with van der Waals surface area (Å²) in [6.45, 7) is 9.12. The summed E-state index contributed by atoms with van der Waals surface area (Å²) >= 11 is 0. The quantitative estimate of drug-likeness (QED) is 0.437. The maximum Gasteiger partial charge on any atom is 0.409 e. The van der Waals surface area contributed by atoms with Crippen LogP contribution < -0.4 is 14.5 Å². The second kappa shape index (κ2) is 12.7. The average molecular weight is 648 g/mol. The predicted molar refractivity (Wildman–Crippen MR) is 178 cm³/mol. The first-order valence-electron chi connectivity index (χ1n) is 17.4. The molecule has 12 heteroatoms. The van der Waals surface area contributed by atoms with Crippen LogP contribution in [0.3, 0.4) is 0 Å². The molecule has 1 aromatic heterocycles. The van der Waals surface area contributed by atoms with E-state index in [1.807, 2.05) is 0 Å². The van der Waals surface area contributed by atoms with E-state index in [4.69, 9.17) is 19.4 Å². The van der Waals surface area contributed by atoms with Gasteiger partial charge in [-0.25, -0.2) is 9.59 Å². The van der Waals surface area contributed by atoms with Gasteiger partial charge >= 0.3 is 18.2 Å². The fraction of sp³-hybridized carbons (Fsp3) is 0.657. The fourth-order valence-corrected chi connectivity index (χ4v) is 8.86. The number of para-hydroxylation sites is 1. The molecule has 2 amide bonds. The minimum atomic E-state index is -0.822. The highest BCUT2D eigenvalue weighted by atomic mass is 16.6. The lowest BCUT2D eigenvalue weighted by Crippen LogP contribution is -2.56. The summed E-state index contributed by atoms with van der Waals surface area (Å²) < 4.78 is 12.2. The maximum atomic E-state index is 12.1. The van der Waals surface area contributed by atoms with Crippen molar-refractivity contribution in [1.82, 2.24) is 24.7 Å². The van der Waals surface area contributed by atoms with Gasteiger partial charge in [-0.2, -0.15) is 9.97 Å². The van der Waals surface area contributed by atoms with Gasteiger partial charge in [0.2, 0.25) is 0 Å². The predicted octanol–water partition coefficient (Wildman–Crippen LogP) is 4.57. The molecule has 254 valence electrons. The largest absolute Gasteiger partial charge is 0.465 e. The van der Waals surface area contributed by atoms with Crippen molar-refractivity contribution in [3.05, 3.63) is 41.1 Å². The molecule has 47 heavy (non-hydrogen) atoms. The lowest BCUT2D eigenvalue weighted by molar-refractivity contribution is 0.0482. The van der Waals surface area contributed by atoms with Crippen LogP contribution >= 0.6 is 0 Å². The van der Waals surface area contributed by atoms with Crippen LogP contribution in [0.15, 0.2) is 24.3 Å². The van der Waals surface area contributed by atoms with Gasteiger partial charge in [0.25, 0.3) is 0 Å². The Morgan fingerprint density at radius 1 is 1.04 bits per heavy atom. The Labute approximate surface area is 277 Å². The number of nitrogens with zero attached hydrogens (tertiary/aromatic N) is 7. The van der Waals surface area contributed by atoms with E-state index in [1.54, 1.807) is 19.0 Å². The lowest BCUT2D eigenvalue weighted by atomic mass is 9.95. The van der Waals surface area contributed by atoms with Gasteiger partial charge in [0.1, 0.15) is 19.0 Å². The van der Waals surface area contributed by atoms with Crippen LogP contribution in [0, 0.1) is 0 Å². The molecule has 4 saturated heterocycles. The lowest BCUT2D eigenvalue weighted by Gasteiger charge is -2.41. The highest BCUT2D eigenvalue weighted by molar-refractivity contribution is 5.68. The number of carbonyl (C=O) groups is 2. The Bertz CT molecular complexity index is 1490. The van der Waals surface area contributed by atoms with Gasteiger partial charge in [0, 0.05) is 51.0 Å². The van der Waals surface area contributed by atoms with Crippen LogP contribution in [-0.2, 0) is 17.7 Å². The molecule has 4 fully saturated rings. The van der Waals surface area contributed by atoms with E-state index in [1.165, 1.54) is 16.2 Å². The van der Waals surface area contributed by atoms with Crippen LogP contribution in [0.2, 0.25) is 0 Å². The van der Waals surface area contributed by atoms with Gasteiger partial charge in [-0.3, -0.25) is 9.80 Å². The van der Waals surface area contributed by atoms with E-state index in [-0.39, 0.29) is 29.8 Å². The molecule has 6 heterocycles. The van der Waals surface area contributed by atoms with Gasteiger partial charge in [-0.05, 0) is 69.0 Å². The van der Waals surface area contributed by atoms with E-state index in [2.05, 4.69) is 52.8 Å². The van der Waals surface area contributed by atoms with Crippen LogP contribution in [-0.4, -0.2) is 119 Å². The monoisotopic (exact) mass is 647 g/mol. The molecule has 4 atom stereocenters. The smallest absolute Gasteiger partial charge is 0.409 e. The van der Waals surface area contributed by atoms with Crippen LogP contribution in [0.1, 0.15) is 75.1 Å².